The number of rotatable bonds is 4. The van der Waals surface area contributed by atoms with Crippen LogP contribution in [0.5, 0.6) is 0 Å². The third-order valence-electron chi connectivity index (χ3n) is 6.15. The molecular formula is C20H31N3O. The van der Waals surface area contributed by atoms with Crippen molar-refractivity contribution in [1.29, 1.82) is 0 Å². The molecule has 1 aromatic rings. The van der Waals surface area contributed by atoms with Crippen molar-refractivity contribution in [3.05, 3.63) is 35.4 Å². The first-order chi connectivity index (χ1) is 11.5. The van der Waals surface area contributed by atoms with Gasteiger partial charge in [0.05, 0.1) is 0 Å². The molecule has 0 saturated carbocycles. The Morgan fingerprint density at radius 1 is 1.04 bits per heavy atom. The van der Waals surface area contributed by atoms with Gasteiger partial charge in [-0.25, -0.2) is 0 Å². The van der Waals surface area contributed by atoms with Crippen LogP contribution in [0.3, 0.4) is 0 Å². The molecule has 1 aromatic carbocycles. The van der Waals surface area contributed by atoms with Gasteiger partial charge in [0.25, 0.3) is 0 Å². The number of hydrogen-bond donors (Lipinski definition) is 1. The molecule has 2 saturated heterocycles. The Kier molecular flexibility index (Phi) is 5.26. The van der Waals surface area contributed by atoms with Crippen LogP contribution in [0.2, 0.25) is 0 Å². The van der Waals surface area contributed by atoms with E-state index in [1.54, 1.807) is 0 Å². The van der Waals surface area contributed by atoms with E-state index >= 15 is 0 Å². The Bertz CT molecular complexity index is 549. The fraction of sp³-hybridized carbons (Fsp3) is 0.650. The molecule has 2 aliphatic rings. The summed E-state index contributed by atoms with van der Waals surface area (Å²) < 4.78 is 0. The van der Waals surface area contributed by atoms with Gasteiger partial charge in [0.15, 0.2) is 0 Å². The van der Waals surface area contributed by atoms with Crippen LogP contribution in [0.1, 0.15) is 55.5 Å². The van der Waals surface area contributed by atoms with Crippen LogP contribution in [0.15, 0.2) is 24.3 Å². The summed E-state index contributed by atoms with van der Waals surface area (Å²) in [5, 5.41) is 0. The Labute approximate surface area is 146 Å². The standard InChI is InChI=1S/C20H31N3O/c1-16(2)23-13-9-20(10-14-23)7-11-22(12-8-20)15-17-3-5-18(6-4-17)19(21)24/h3-6,16H,7-15H2,1-2H3,(H2,21,24). The van der Waals surface area contributed by atoms with Gasteiger partial charge in [-0.15, -0.1) is 0 Å². The zero-order chi connectivity index (χ0) is 17.2. The van der Waals surface area contributed by atoms with Crippen LogP contribution in [-0.4, -0.2) is 47.9 Å². The van der Waals surface area contributed by atoms with Crippen LogP contribution in [0.4, 0.5) is 0 Å². The van der Waals surface area contributed by atoms with Gasteiger partial charge in [-0.3, -0.25) is 9.69 Å². The van der Waals surface area contributed by atoms with E-state index in [1.165, 1.54) is 57.4 Å². The minimum atomic E-state index is -0.353. The minimum Gasteiger partial charge on any atom is -0.366 e. The Morgan fingerprint density at radius 3 is 2.08 bits per heavy atom. The molecule has 0 aliphatic carbocycles. The summed E-state index contributed by atoms with van der Waals surface area (Å²) in [6, 6.07) is 8.43. The van der Waals surface area contributed by atoms with Gasteiger partial charge in [0, 0.05) is 18.2 Å². The first-order valence-corrected chi connectivity index (χ1v) is 9.33. The number of primary amides is 1. The molecule has 2 aliphatic heterocycles. The van der Waals surface area contributed by atoms with Gasteiger partial charge in [-0.2, -0.15) is 0 Å². The molecule has 2 N–H and O–H groups in total. The lowest BCUT2D eigenvalue weighted by molar-refractivity contribution is 0.0230. The van der Waals surface area contributed by atoms with Gasteiger partial charge in [-0.1, -0.05) is 12.1 Å². The predicted octanol–water partition coefficient (Wildman–Crippen LogP) is 2.87. The highest BCUT2D eigenvalue weighted by Gasteiger charge is 2.37. The maximum absolute atomic E-state index is 11.1. The van der Waals surface area contributed by atoms with E-state index in [0.717, 1.165) is 6.54 Å². The summed E-state index contributed by atoms with van der Waals surface area (Å²) in [6.45, 7) is 10.5. The first-order valence-electron chi connectivity index (χ1n) is 9.33. The third kappa shape index (κ3) is 3.98. The molecule has 2 fully saturated rings. The molecule has 1 spiro atoms. The Balaban J connectivity index is 1.49. The number of hydrogen-bond acceptors (Lipinski definition) is 3. The SMILES string of the molecule is CC(C)N1CCC2(CCN(Cc3ccc(C(N)=O)cc3)CC2)CC1. The zero-order valence-electron chi connectivity index (χ0n) is 15.1. The van der Waals surface area contributed by atoms with Crippen LogP contribution in [0.25, 0.3) is 0 Å². The maximum atomic E-state index is 11.1. The number of benzene rings is 1. The van der Waals surface area contributed by atoms with Crippen molar-refractivity contribution in [2.24, 2.45) is 11.1 Å². The van der Waals surface area contributed by atoms with Crippen molar-refractivity contribution in [2.75, 3.05) is 26.2 Å². The molecular weight excluding hydrogens is 298 g/mol. The summed E-state index contributed by atoms with van der Waals surface area (Å²) in [7, 11) is 0. The molecule has 2 heterocycles. The van der Waals surface area contributed by atoms with Crippen molar-refractivity contribution in [2.45, 2.75) is 52.1 Å². The third-order valence-corrected chi connectivity index (χ3v) is 6.15. The number of carbonyl (C=O) groups excluding carboxylic acids is 1. The predicted molar refractivity (Wildman–Crippen MR) is 97.8 cm³/mol. The average molecular weight is 329 g/mol. The molecule has 0 atom stereocenters. The Morgan fingerprint density at radius 2 is 1.58 bits per heavy atom. The number of likely N-dealkylation sites (tertiary alicyclic amines) is 2. The molecule has 132 valence electrons. The second-order valence-electron chi connectivity index (χ2n) is 7.97. The highest BCUT2D eigenvalue weighted by Crippen LogP contribution is 2.41. The van der Waals surface area contributed by atoms with Gasteiger partial charge in [0.2, 0.25) is 5.91 Å². The molecule has 0 radical (unpaired) electrons. The molecule has 3 rings (SSSR count). The summed E-state index contributed by atoms with van der Waals surface area (Å²) in [4.78, 5) is 16.3. The molecule has 4 nitrogen and oxygen atoms in total. The quantitative estimate of drug-likeness (QED) is 0.924. The van der Waals surface area contributed by atoms with Crippen molar-refractivity contribution < 1.29 is 4.79 Å². The van der Waals surface area contributed by atoms with E-state index < -0.39 is 0 Å². The van der Waals surface area contributed by atoms with Crippen molar-refractivity contribution in [3.8, 4) is 0 Å². The van der Waals surface area contributed by atoms with Crippen LogP contribution >= 0.6 is 0 Å². The second kappa shape index (κ2) is 7.24. The normalized spacial score (nSPS) is 22.1. The minimum absolute atomic E-state index is 0.353. The van der Waals surface area contributed by atoms with E-state index in [2.05, 4.69) is 23.6 Å². The maximum Gasteiger partial charge on any atom is 0.248 e. The number of carbonyl (C=O) groups is 1. The van der Waals surface area contributed by atoms with Gasteiger partial charge < -0.3 is 10.6 Å². The number of piperidine rings is 2. The summed E-state index contributed by atoms with van der Waals surface area (Å²) in [5.41, 5.74) is 7.76. The van der Waals surface area contributed by atoms with Crippen LogP contribution < -0.4 is 5.73 Å². The molecule has 0 bridgehead atoms. The van der Waals surface area contributed by atoms with Crippen molar-refractivity contribution in [3.63, 3.8) is 0 Å². The van der Waals surface area contributed by atoms with E-state index in [9.17, 15) is 4.79 Å². The van der Waals surface area contributed by atoms with Gasteiger partial charge >= 0.3 is 0 Å². The molecule has 0 aromatic heterocycles. The summed E-state index contributed by atoms with van der Waals surface area (Å²) in [5.74, 6) is -0.353. The van der Waals surface area contributed by atoms with Gasteiger partial charge in [-0.05, 0) is 88.8 Å². The lowest BCUT2D eigenvalue weighted by Gasteiger charge is -2.47. The fourth-order valence-electron chi connectivity index (χ4n) is 4.23. The lowest BCUT2D eigenvalue weighted by Crippen LogP contribution is -2.48. The monoisotopic (exact) mass is 329 g/mol. The molecule has 24 heavy (non-hydrogen) atoms. The fourth-order valence-corrected chi connectivity index (χ4v) is 4.23. The molecule has 4 heteroatoms. The highest BCUT2D eigenvalue weighted by atomic mass is 16.1. The van der Waals surface area contributed by atoms with Crippen molar-refractivity contribution in [1.82, 2.24) is 9.80 Å². The van der Waals surface area contributed by atoms with Crippen LogP contribution in [-0.2, 0) is 6.54 Å². The smallest absolute Gasteiger partial charge is 0.248 e. The number of amides is 1. The van der Waals surface area contributed by atoms with Crippen LogP contribution in [0, 0.1) is 5.41 Å². The lowest BCUT2D eigenvalue weighted by atomic mass is 9.71. The number of nitrogens with zero attached hydrogens (tertiary/aromatic N) is 2. The first kappa shape index (κ1) is 17.4. The van der Waals surface area contributed by atoms with Gasteiger partial charge in [0.1, 0.15) is 0 Å². The molecule has 0 unspecified atom stereocenters. The van der Waals surface area contributed by atoms with E-state index in [0.29, 0.717) is 17.0 Å². The largest absolute Gasteiger partial charge is 0.366 e. The molecule has 1 amide bonds. The van der Waals surface area contributed by atoms with E-state index in [1.807, 2.05) is 24.3 Å². The Hall–Kier alpha value is -1.39. The van der Waals surface area contributed by atoms with Crippen molar-refractivity contribution >= 4 is 5.91 Å². The summed E-state index contributed by atoms with van der Waals surface area (Å²) >= 11 is 0. The van der Waals surface area contributed by atoms with E-state index in [4.69, 9.17) is 5.73 Å². The average Bonchev–Trinajstić information content (AvgIpc) is 2.58. The zero-order valence-corrected chi connectivity index (χ0v) is 15.1. The second-order valence-corrected chi connectivity index (χ2v) is 7.97. The topological polar surface area (TPSA) is 49.6 Å². The summed E-state index contributed by atoms with van der Waals surface area (Å²) in [6.07, 6.45) is 5.40. The highest BCUT2D eigenvalue weighted by molar-refractivity contribution is 5.92. The number of nitrogens with two attached hydrogens (primary N) is 1. The van der Waals surface area contributed by atoms with E-state index in [-0.39, 0.29) is 5.91 Å².